The van der Waals surface area contributed by atoms with Gasteiger partial charge in [-0.15, -0.1) is 0 Å². The van der Waals surface area contributed by atoms with Crippen LogP contribution in [0.2, 0.25) is 18.1 Å². The molecule has 0 saturated carbocycles. The highest BCUT2D eigenvalue weighted by Gasteiger charge is 2.41. The van der Waals surface area contributed by atoms with Crippen molar-refractivity contribution in [1.29, 1.82) is 0 Å². The molecule has 0 aromatic rings. The van der Waals surface area contributed by atoms with E-state index in [-0.39, 0.29) is 18.5 Å². The molecule has 2 N–H and O–H groups in total. The number of aliphatic hydroxyl groups is 2. The third-order valence-electron chi connectivity index (χ3n) is 5.32. The van der Waals surface area contributed by atoms with Gasteiger partial charge in [0.05, 0.1) is 17.8 Å². The Hall–Kier alpha value is -0.483. The second-order valence-electron chi connectivity index (χ2n) is 7.14. The van der Waals surface area contributed by atoms with Gasteiger partial charge >= 0.3 is 5.97 Å². The van der Waals surface area contributed by atoms with Gasteiger partial charge in [-0.1, -0.05) is 61.6 Å². The molecule has 0 spiro atoms. The maximum absolute atomic E-state index is 11.5. The van der Waals surface area contributed by atoms with Gasteiger partial charge in [-0.3, -0.25) is 0 Å². The third kappa shape index (κ3) is 7.45. The summed E-state index contributed by atoms with van der Waals surface area (Å²) in [6, 6.07) is 2.86. The van der Waals surface area contributed by atoms with Crippen molar-refractivity contribution in [1.82, 2.24) is 0 Å². The maximum Gasteiger partial charge on any atom is 0.331 e. The molecule has 1 rings (SSSR count). The van der Waals surface area contributed by atoms with Crippen molar-refractivity contribution in [2.75, 3.05) is 0 Å². The van der Waals surface area contributed by atoms with Crippen molar-refractivity contribution in [3.8, 4) is 0 Å². The van der Waals surface area contributed by atoms with Crippen molar-refractivity contribution in [3.05, 3.63) is 34.5 Å². The Labute approximate surface area is 177 Å². The summed E-state index contributed by atoms with van der Waals surface area (Å²) in [6.45, 7) is 8.27. The number of hydrogen-bond acceptors (Lipinski definition) is 5. The van der Waals surface area contributed by atoms with E-state index in [4.69, 9.17) is 9.16 Å². The zero-order valence-electron chi connectivity index (χ0n) is 16.7. The predicted octanol–water partition coefficient (Wildman–Crippen LogP) is 4.26. The lowest BCUT2D eigenvalue weighted by molar-refractivity contribution is -0.141. The Kier molecular flexibility index (Phi) is 10.5. The zero-order chi connectivity index (χ0) is 20.5. The van der Waals surface area contributed by atoms with Crippen LogP contribution in [0.5, 0.6) is 0 Å². The molecule has 7 heteroatoms. The number of cyclic esters (lactones) is 1. The highest BCUT2D eigenvalue weighted by atomic mass is 127. The average molecular weight is 508 g/mol. The molecule has 5 nitrogen and oxygen atoms in total. The summed E-state index contributed by atoms with van der Waals surface area (Å²) in [7, 11) is -2.02. The van der Waals surface area contributed by atoms with Crippen LogP contribution in [0.1, 0.15) is 40.5 Å². The molecular weight excluding hydrogens is 475 g/mol. The predicted molar refractivity (Wildman–Crippen MR) is 119 cm³/mol. The van der Waals surface area contributed by atoms with Gasteiger partial charge in [-0.25, -0.2) is 4.79 Å². The topological polar surface area (TPSA) is 76.0 Å². The van der Waals surface area contributed by atoms with Crippen LogP contribution in [0.4, 0.5) is 0 Å². The first-order chi connectivity index (χ1) is 12.7. The van der Waals surface area contributed by atoms with E-state index in [0.29, 0.717) is 6.42 Å². The van der Waals surface area contributed by atoms with Gasteiger partial charge in [0.25, 0.3) is 0 Å². The molecule has 0 aromatic carbocycles. The van der Waals surface area contributed by atoms with Crippen LogP contribution in [0.15, 0.2) is 34.5 Å². The number of carbonyl (C=O) groups is 1. The number of hydrogen-bond donors (Lipinski definition) is 2. The molecule has 0 aliphatic carbocycles. The fraction of sp³-hybridized carbons (Fsp3) is 0.650. The van der Waals surface area contributed by atoms with Crippen LogP contribution < -0.4 is 0 Å². The number of halogens is 1. The minimum atomic E-state index is -2.02. The van der Waals surface area contributed by atoms with Gasteiger partial charge in [0.2, 0.25) is 0 Å². The number of carbonyl (C=O) groups excluding carboxylic acids is 1. The van der Waals surface area contributed by atoms with Crippen molar-refractivity contribution in [2.24, 2.45) is 0 Å². The molecule has 4 atom stereocenters. The number of esters is 1. The van der Waals surface area contributed by atoms with E-state index in [2.05, 4.69) is 20.8 Å². The fourth-order valence-electron chi connectivity index (χ4n) is 3.22. The molecule has 0 radical (unpaired) electrons. The molecule has 0 aromatic heterocycles. The molecule has 1 heterocycles. The summed E-state index contributed by atoms with van der Waals surface area (Å²) in [5.41, 5.74) is -0.956. The van der Waals surface area contributed by atoms with Gasteiger partial charge in [-0.05, 0) is 35.2 Å². The van der Waals surface area contributed by atoms with Gasteiger partial charge in [-0.2, -0.15) is 0 Å². The van der Waals surface area contributed by atoms with Crippen molar-refractivity contribution in [2.45, 2.75) is 82.6 Å². The lowest BCUT2D eigenvalue weighted by Gasteiger charge is -2.42. The first-order valence-electron chi connectivity index (χ1n) is 9.63. The number of rotatable bonds is 11. The van der Waals surface area contributed by atoms with Crippen LogP contribution in [0, 0.1) is 0 Å². The van der Waals surface area contributed by atoms with E-state index in [1.54, 1.807) is 22.3 Å². The standard InChI is InChI=1S/C20H33IO5Si/c1-5-27(6-2,7-3)26-20(4,18(23)15-16(22)12-14-21)13-11-17-9-8-10-19(24)25-17/h8,10-14,16-18,22-23H,5-7,9,15H2,1-4H3/b13-11+,14-12-/t16-,17+,18+,20+/m0/s1. The molecule has 27 heavy (non-hydrogen) atoms. The van der Waals surface area contributed by atoms with E-state index < -0.39 is 26.1 Å². The Morgan fingerprint density at radius 3 is 2.52 bits per heavy atom. The van der Waals surface area contributed by atoms with Crippen LogP contribution in [-0.4, -0.2) is 48.4 Å². The van der Waals surface area contributed by atoms with Crippen LogP contribution >= 0.6 is 22.6 Å². The molecule has 154 valence electrons. The summed E-state index contributed by atoms with van der Waals surface area (Å²) in [5.74, 6) is -0.360. The van der Waals surface area contributed by atoms with E-state index >= 15 is 0 Å². The van der Waals surface area contributed by atoms with Gasteiger partial charge in [0.15, 0.2) is 8.32 Å². The quantitative estimate of drug-likeness (QED) is 0.189. The number of aliphatic hydroxyl groups excluding tert-OH is 2. The lowest BCUT2D eigenvalue weighted by atomic mass is 9.93. The Morgan fingerprint density at radius 2 is 2.00 bits per heavy atom. The van der Waals surface area contributed by atoms with Crippen molar-refractivity contribution >= 4 is 36.9 Å². The molecule has 0 saturated heterocycles. The minimum Gasteiger partial charge on any atom is -0.455 e. The van der Waals surface area contributed by atoms with Crippen molar-refractivity contribution in [3.63, 3.8) is 0 Å². The summed E-state index contributed by atoms with van der Waals surface area (Å²) in [5, 5.41) is 21.0. The van der Waals surface area contributed by atoms with Crippen LogP contribution in [0.3, 0.4) is 0 Å². The van der Waals surface area contributed by atoms with E-state index in [9.17, 15) is 15.0 Å². The Morgan fingerprint density at radius 1 is 1.37 bits per heavy atom. The molecule has 0 fully saturated rings. The molecule has 0 bridgehead atoms. The molecule has 0 amide bonds. The van der Waals surface area contributed by atoms with Crippen LogP contribution in [0.25, 0.3) is 0 Å². The monoisotopic (exact) mass is 508 g/mol. The van der Waals surface area contributed by atoms with Crippen molar-refractivity contribution < 1.29 is 24.2 Å². The second kappa shape index (κ2) is 11.5. The van der Waals surface area contributed by atoms with E-state index in [0.717, 1.165) is 18.1 Å². The minimum absolute atomic E-state index is 0.173. The first-order valence-corrected chi connectivity index (χ1v) is 13.4. The van der Waals surface area contributed by atoms with Gasteiger partial charge in [0, 0.05) is 18.9 Å². The molecule has 1 aliphatic rings. The van der Waals surface area contributed by atoms with E-state index in [1.807, 2.05) is 35.6 Å². The average Bonchev–Trinajstić information content (AvgIpc) is 2.65. The molecule has 1 aliphatic heterocycles. The Balaban J connectivity index is 3.09. The van der Waals surface area contributed by atoms with Gasteiger partial charge < -0.3 is 19.4 Å². The largest absolute Gasteiger partial charge is 0.455 e. The smallest absolute Gasteiger partial charge is 0.331 e. The normalized spacial score (nSPS) is 22.8. The van der Waals surface area contributed by atoms with Gasteiger partial charge in [0.1, 0.15) is 6.10 Å². The molecular formula is C20H33IO5Si. The Bertz CT molecular complexity index is 550. The SMILES string of the molecule is CC[Si](CC)(CC)O[C@](C)(/C=C/[C@H]1CC=CC(=O)O1)[C@H](O)C[C@@H](O)/C=C\I. The first kappa shape index (κ1) is 24.6. The molecule has 0 unspecified atom stereocenters. The summed E-state index contributed by atoms with van der Waals surface area (Å²) in [6.07, 6.45) is 7.25. The summed E-state index contributed by atoms with van der Waals surface area (Å²) in [4.78, 5) is 11.5. The highest BCUT2D eigenvalue weighted by molar-refractivity contribution is 14.1. The number of ether oxygens (including phenoxy) is 1. The maximum atomic E-state index is 11.5. The van der Waals surface area contributed by atoms with Crippen LogP contribution in [-0.2, 0) is 14.0 Å². The second-order valence-corrected chi connectivity index (χ2v) is 12.6. The fourth-order valence-corrected chi connectivity index (χ4v) is 6.77. The lowest BCUT2D eigenvalue weighted by Crippen LogP contribution is -2.51. The third-order valence-corrected chi connectivity index (χ3v) is 10.5. The van der Waals surface area contributed by atoms with E-state index in [1.165, 1.54) is 6.08 Å². The zero-order valence-corrected chi connectivity index (χ0v) is 19.9. The summed E-state index contributed by atoms with van der Waals surface area (Å²) >= 11 is 2.04. The summed E-state index contributed by atoms with van der Waals surface area (Å²) < 4.78 is 13.7. The highest BCUT2D eigenvalue weighted by Crippen LogP contribution is 2.33.